The van der Waals surface area contributed by atoms with E-state index in [0.29, 0.717) is 11.1 Å². The lowest BCUT2D eigenvalue weighted by Crippen LogP contribution is -2.22. The number of hydrogen-bond acceptors (Lipinski definition) is 2. The maximum atomic E-state index is 12.9. The molecule has 0 saturated carbocycles. The lowest BCUT2D eigenvalue weighted by atomic mass is 10.2. The number of amides is 1. The third kappa shape index (κ3) is 2.91. The molecule has 0 radical (unpaired) electrons. The zero-order valence-electron chi connectivity index (χ0n) is 9.65. The van der Waals surface area contributed by atoms with Crippen LogP contribution in [0.2, 0.25) is 0 Å². The van der Waals surface area contributed by atoms with Crippen molar-refractivity contribution >= 4 is 5.91 Å². The molecule has 0 bridgehead atoms. The van der Waals surface area contributed by atoms with E-state index in [1.807, 2.05) is 0 Å². The second kappa shape index (κ2) is 4.95. The molecule has 2 aromatic rings. The summed E-state index contributed by atoms with van der Waals surface area (Å²) in [5, 5.41) is 6.41. The van der Waals surface area contributed by atoms with Gasteiger partial charge in [0.2, 0.25) is 0 Å². The van der Waals surface area contributed by atoms with Crippen LogP contribution in [-0.2, 0) is 13.6 Å². The lowest BCUT2D eigenvalue weighted by molar-refractivity contribution is 0.0950. The Hall–Kier alpha value is -2.24. The fourth-order valence-corrected chi connectivity index (χ4v) is 1.54. The van der Waals surface area contributed by atoms with Gasteiger partial charge in [-0.05, 0) is 17.7 Å². The Morgan fingerprint density at radius 3 is 2.56 bits per heavy atom. The molecule has 6 heteroatoms. The maximum Gasteiger partial charge on any atom is 0.254 e. The summed E-state index contributed by atoms with van der Waals surface area (Å²) in [6.45, 7) is 0.0579. The monoisotopic (exact) mass is 251 g/mol. The Labute approximate surface area is 102 Å². The molecule has 0 aliphatic rings. The predicted octanol–water partition coefficient (Wildman–Crippen LogP) is 1.63. The fraction of sp³-hybridized carbons (Fsp3) is 0.167. The molecule has 1 amide bonds. The van der Waals surface area contributed by atoms with E-state index in [4.69, 9.17) is 0 Å². The minimum atomic E-state index is -0.666. The highest BCUT2D eigenvalue weighted by Crippen LogP contribution is 2.08. The summed E-state index contributed by atoms with van der Waals surface area (Å²) >= 11 is 0. The molecule has 0 aliphatic carbocycles. The molecule has 4 nitrogen and oxygen atoms in total. The fourth-order valence-electron chi connectivity index (χ4n) is 1.54. The van der Waals surface area contributed by atoms with Crippen molar-refractivity contribution < 1.29 is 13.6 Å². The summed E-state index contributed by atoms with van der Waals surface area (Å²) in [4.78, 5) is 11.6. The molecule has 0 fully saturated rings. The number of hydrogen-bond donors (Lipinski definition) is 1. The van der Waals surface area contributed by atoms with Crippen molar-refractivity contribution in [2.75, 3.05) is 0 Å². The van der Waals surface area contributed by atoms with E-state index >= 15 is 0 Å². The predicted molar refractivity (Wildman–Crippen MR) is 60.7 cm³/mol. The first kappa shape index (κ1) is 12.2. The Kier molecular flexibility index (Phi) is 3.36. The van der Waals surface area contributed by atoms with Crippen LogP contribution in [0.1, 0.15) is 15.9 Å². The van der Waals surface area contributed by atoms with Gasteiger partial charge in [0.25, 0.3) is 5.91 Å². The summed E-state index contributed by atoms with van der Waals surface area (Å²) in [7, 11) is 1.69. The summed E-state index contributed by atoms with van der Waals surface area (Å²) in [6, 6.07) is 3.13. The van der Waals surface area contributed by atoms with Crippen LogP contribution in [-0.4, -0.2) is 15.7 Å². The van der Waals surface area contributed by atoms with Gasteiger partial charge >= 0.3 is 0 Å². The number of carbonyl (C=O) groups is 1. The molecule has 18 heavy (non-hydrogen) atoms. The van der Waals surface area contributed by atoms with Crippen molar-refractivity contribution in [1.29, 1.82) is 0 Å². The molecule has 1 N–H and O–H groups in total. The molecule has 2 rings (SSSR count). The average molecular weight is 251 g/mol. The van der Waals surface area contributed by atoms with Gasteiger partial charge < -0.3 is 5.32 Å². The molecule has 94 valence electrons. The maximum absolute atomic E-state index is 12.9. The van der Waals surface area contributed by atoms with Gasteiger partial charge in [-0.1, -0.05) is 0 Å². The van der Waals surface area contributed by atoms with Crippen molar-refractivity contribution in [3.05, 3.63) is 53.4 Å². The molecule has 1 heterocycles. The summed E-state index contributed by atoms with van der Waals surface area (Å²) in [5.41, 5.74) is 0.763. The van der Waals surface area contributed by atoms with Crippen LogP contribution in [0, 0.1) is 11.6 Å². The molecule has 0 unspecified atom stereocenters. The number of aromatic nitrogens is 2. The largest absolute Gasteiger partial charge is 0.348 e. The number of nitrogens with one attached hydrogen (secondary N) is 1. The minimum absolute atomic E-state index is 0.0579. The molecule has 0 spiro atoms. The SMILES string of the molecule is Cn1cc(C(=O)NCc2cc(F)cc(F)c2)cn1. The first-order valence-corrected chi connectivity index (χ1v) is 5.26. The van der Waals surface area contributed by atoms with E-state index in [-0.39, 0.29) is 12.5 Å². The van der Waals surface area contributed by atoms with Gasteiger partial charge in [0.1, 0.15) is 11.6 Å². The van der Waals surface area contributed by atoms with Crippen molar-refractivity contribution in [3.8, 4) is 0 Å². The highest BCUT2D eigenvalue weighted by molar-refractivity contribution is 5.93. The van der Waals surface area contributed by atoms with Gasteiger partial charge in [-0.25, -0.2) is 8.78 Å². The number of carbonyl (C=O) groups excluding carboxylic acids is 1. The normalized spacial score (nSPS) is 10.4. The molecular weight excluding hydrogens is 240 g/mol. The number of halogens is 2. The minimum Gasteiger partial charge on any atom is -0.348 e. The number of aryl methyl sites for hydroxylation is 1. The van der Waals surface area contributed by atoms with Crippen molar-refractivity contribution in [2.45, 2.75) is 6.54 Å². The zero-order chi connectivity index (χ0) is 13.1. The quantitative estimate of drug-likeness (QED) is 0.901. The van der Waals surface area contributed by atoms with E-state index in [1.54, 1.807) is 13.2 Å². The summed E-state index contributed by atoms with van der Waals surface area (Å²) < 4.78 is 27.3. The topological polar surface area (TPSA) is 46.9 Å². The van der Waals surface area contributed by atoms with Gasteiger partial charge in [0, 0.05) is 25.9 Å². The van der Waals surface area contributed by atoms with E-state index in [2.05, 4.69) is 10.4 Å². The van der Waals surface area contributed by atoms with Crippen molar-refractivity contribution in [2.24, 2.45) is 7.05 Å². The Balaban J connectivity index is 2.01. The molecular formula is C12H11F2N3O. The summed E-state index contributed by atoms with van der Waals surface area (Å²) in [5.74, 6) is -1.67. The number of nitrogens with zero attached hydrogens (tertiary/aromatic N) is 2. The first-order chi connectivity index (χ1) is 8.54. The third-order valence-corrected chi connectivity index (χ3v) is 2.34. The number of benzene rings is 1. The van der Waals surface area contributed by atoms with E-state index in [1.165, 1.54) is 23.0 Å². The summed E-state index contributed by atoms with van der Waals surface area (Å²) in [6.07, 6.45) is 2.98. The third-order valence-electron chi connectivity index (χ3n) is 2.34. The number of rotatable bonds is 3. The molecule has 0 atom stereocenters. The zero-order valence-corrected chi connectivity index (χ0v) is 9.65. The first-order valence-electron chi connectivity index (χ1n) is 5.26. The van der Waals surface area contributed by atoms with E-state index in [0.717, 1.165) is 6.07 Å². The van der Waals surface area contributed by atoms with Crippen LogP contribution in [0.4, 0.5) is 8.78 Å². The van der Waals surface area contributed by atoms with Gasteiger partial charge in [-0.2, -0.15) is 5.10 Å². The van der Waals surface area contributed by atoms with Crippen molar-refractivity contribution in [3.63, 3.8) is 0 Å². The second-order valence-corrected chi connectivity index (χ2v) is 3.86. The van der Waals surface area contributed by atoms with E-state index in [9.17, 15) is 13.6 Å². The average Bonchev–Trinajstić information content (AvgIpc) is 2.71. The molecule has 1 aromatic carbocycles. The van der Waals surface area contributed by atoms with Gasteiger partial charge in [-0.15, -0.1) is 0 Å². The molecule has 0 saturated heterocycles. The lowest BCUT2D eigenvalue weighted by Gasteiger charge is -2.04. The second-order valence-electron chi connectivity index (χ2n) is 3.86. The van der Waals surface area contributed by atoms with Crippen LogP contribution in [0.15, 0.2) is 30.6 Å². The van der Waals surface area contributed by atoms with Crippen LogP contribution in [0.3, 0.4) is 0 Å². The van der Waals surface area contributed by atoms with E-state index < -0.39 is 11.6 Å². The molecule has 1 aromatic heterocycles. The Morgan fingerprint density at radius 1 is 1.33 bits per heavy atom. The standard InChI is InChI=1S/C12H11F2N3O/c1-17-7-9(6-16-17)12(18)15-5-8-2-10(13)4-11(14)3-8/h2-4,6-7H,5H2,1H3,(H,15,18). The Bertz CT molecular complexity index is 560. The van der Waals surface area contributed by atoms with Crippen LogP contribution in [0.25, 0.3) is 0 Å². The van der Waals surface area contributed by atoms with Gasteiger partial charge in [0.05, 0.1) is 11.8 Å². The van der Waals surface area contributed by atoms with Crippen LogP contribution < -0.4 is 5.32 Å². The molecule has 0 aliphatic heterocycles. The smallest absolute Gasteiger partial charge is 0.254 e. The highest BCUT2D eigenvalue weighted by Gasteiger charge is 2.08. The van der Waals surface area contributed by atoms with Gasteiger partial charge in [-0.3, -0.25) is 9.48 Å². The van der Waals surface area contributed by atoms with Crippen LogP contribution >= 0.6 is 0 Å². The van der Waals surface area contributed by atoms with Crippen molar-refractivity contribution in [1.82, 2.24) is 15.1 Å². The Morgan fingerprint density at radius 2 is 2.00 bits per heavy atom. The van der Waals surface area contributed by atoms with Crippen LogP contribution in [0.5, 0.6) is 0 Å². The van der Waals surface area contributed by atoms with Gasteiger partial charge in [0.15, 0.2) is 0 Å². The highest BCUT2D eigenvalue weighted by atomic mass is 19.1.